The van der Waals surface area contributed by atoms with Gasteiger partial charge < -0.3 is 13.9 Å². The lowest BCUT2D eigenvalue weighted by atomic mass is 10.2. The van der Waals surface area contributed by atoms with Gasteiger partial charge in [0.25, 0.3) is 5.89 Å². The predicted octanol–water partition coefficient (Wildman–Crippen LogP) is 4.18. The molecule has 112 valence electrons. The first kappa shape index (κ1) is 14.6. The maximum Gasteiger partial charge on any atom is 0.252 e. The molecule has 0 aliphatic rings. The van der Waals surface area contributed by atoms with E-state index >= 15 is 0 Å². The standard InChI is InChI=1S/C16H13BrN2O3/c1-20-13-5-3-4-12(14(13)21-2)16-19-18-15(22-16)10-6-8-11(17)9-7-10/h3-9H,1-2H3. The molecule has 0 aliphatic carbocycles. The van der Waals surface area contributed by atoms with Gasteiger partial charge in [0, 0.05) is 10.0 Å². The highest BCUT2D eigenvalue weighted by Gasteiger charge is 2.17. The van der Waals surface area contributed by atoms with Gasteiger partial charge in [0.1, 0.15) is 0 Å². The van der Waals surface area contributed by atoms with E-state index < -0.39 is 0 Å². The van der Waals surface area contributed by atoms with Crippen molar-refractivity contribution in [2.45, 2.75) is 0 Å². The van der Waals surface area contributed by atoms with Crippen LogP contribution in [0.25, 0.3) is 22.9 Å². The van der Waals surface area contributed by atoms with Crippen LogP contribution in [0.15, 0.2) is 51.4 Å². The zero-order valence-corrected chi connectivity index (χ0v) is 13.6. The van der Waals surface area contributed by atoms with Crippen LogP contribution in [0, 0.1) is 0 Å². The second-order valence-corrected chi connectivity index (χ2v) is 5.38. The van der Waals surface area contributed by atoms with Gasteiger partial charge in [0.15, 0.2) is 11.5 Å². The molecule has 0 radical (unpaired) electrons. The van der Waals surface area contributed by atoms with Crippen molar-refractivity contribution < 1.29 is 13.9 Å². The highest BCUT2D eigenvalue weighted by atomic mass is 79.9. The van der Waals surface area contributed by atoms with Crippen LogP contribution < -0.4 is 9.47 Å². The number of hydrogen-bond acceptors (Lipinski definition) is 5. The Labute approximate surface area is 136 Å². The van der Waals surface area contributed by atoms with Crippen molar-refractivity contribution in [2.75, 3.05) is 14.2 Å². The molecule has 0 saturated carbocycles. The monoisotopic (exact) mass is 360 g/mol. The first-order valence-electron chi connectivity index (χ1n) is 6.53. The lowest BCUT2D eigenvalue weighted by Crippen LogP contribution is -1.93. The number of halogens is 1. The normalized spacial score (nSPS) is 10.5. The smallest absolute Gasteiger partial charge is 0.252 e. The summed E-state index contributed by atoms with van der Waals surface area (Å²) in [7, 11) is 3.16. The molecule has 22 heavy (non-hydrogen) atoms. The Balaban J connectivity index is 2.02. The maximum absolute atomic E-state index is 5.76. The third-order valence-electron chi connectivity index (χ3n) is 3.15. The van der Waals surface area contributed by atoms with Gasteiger partial charge in [-0.15, -0.1) is 10.2 Å². The minimum Gasteiger partial charge on any atom is -0.493 e. The molecule has 0 saturated heterocycles. The Kier molecular flexibility index (Phi) is 4.11. The highest BCUT2D eigenvalue weighted by molar-refractivity contribution is 9.10. The van der Waals surface area contributed by atoms with Crippen LogP contribution >= 0.6 is 15.9 Å². The molecule has 0 N–H and O–H groups in total. The summed E-state index contributed by atoms with van der Waals surface area (Å²) in [6.07, 6.45) is 0. The first-order valence-corrected chi connectivity index (χ1v) is 7.33. The lowest BCUT2D eigenvalue weighted by Gasteiger charge is -2.09. The van der Waals surface area contributed by atoms with Gasteiger partial charge in [-0.2, -0.15) is 0 Å². The van der Waals surface area contributed by atoms with E-state index in [0.717, 1.165) is 10.0 Å². The fourth-order valence-corrected chi connectivity index (χ4v) is 2.36. The Morgan fingerprint density at radius 3 is 2.32 bits per heavy atom. The van der Waals surface area contributed by atoms with Crippen molar-refractivity contribution in [2.24, 2.45) is 0 Å². The van der Waals surface area contributed by atoms with Crippen LogP contribution in [0.1, 0.15) is 0 Å². The fraction of sp³-hybridized carbons (Fsp3) is 0.125. The number of hydrogen-bond donors (Lipinski definition) is 0. The first-order chi connectivity index (χ1) is 10.7. The molecule has 0 atom stereocenters. The largest absolute Gasteiger partial charge is 0.493 e. The molecule has 2 aromatic carbocycles. The topological polar surface area (TPSA) is 57.4 Å². The van der Waals surface area contributed by atoms with Gasteiger partial charge in [0.05, 0.1) is 19.8 Å². The van der Waals surface area contributed by atoms with Gasteiger partial charge in [-0.3, -0.25) is 0 Å². The number of ether oxygens (including phenoxy) is 2. The quantitative estimate of drug-likeness (QED) is 0.698. The molecule has 6 heteroatoms. The van der Waals surface area contributed by atoms with Crippen LogP contribution in [0.5, 0.6) is 11.5 Å². The van der Waals surface area contributed by atoms with Crippen molar-refractivity contribution in [3.63, 3.8) is 0 Å². The van der Waals surface area contributed by atoms with Crippen LogP contribution in [0.2, 0.25) is 0 Å². The average Bonchev–Trinajstić information content (AvgIpc) is 3.04. The SMILES string of the molecule is COc1cccc(-c2nnc(-c3ccc(Br)cc3)o2)c1OC. The van der Waals surface area contributed by atoms with E-state index in [1.54, 1.807) is 14.2 Å². The van der Waals surface area contributed by atoms with Crippen molar-refractivity contribution in [1.29, 1.82) is 0 Å². The van der Waals surface area contributed by atoms with Crippen molar-refractivity contribution in [3.05, 3.63) is 46.9 Å². The van der Waals surface area contributed by atoms with E-state index in [-0.39, 0.29) is 0 Å². The van der Waals surface area contributed by atoms with Crippen LogP contribution in [-0.4, -0.2) is 24.4 Å². The molecule has 0 unspecified atom stereocenters. The van der Waals surface area contributed by atoms with Crippen LogP contribution in [0.4, 0.5) is 0 Å². The van der Waals surface area contributed by atoms with E-state index in [4.69, 9.17) is 13.9 Å². The Morgan fingerprint density at radius 2 is 1.64 bits per heavy atom. The summed E-state index contributed by atoms with van der Waals surface area (Å²) in [4.78, 5) is 0. The van der Waals surface area contributed by atoms with Gasteiger partial charge in [-0.1, -0.05) is 22.0 Å². The number of rotatable bonds is 4. The predicted molar refractivity (Wildman–Crippen MR) is 86.0 cm³/mol. The minimum atomic E-state index is 0.383. The maximum atomic E-state index is 5.76. The molecule has 1 heterocycles. The molecule has 0 amide bonds. The van der Waals surface area contributed by atoms with E-state index in [1.165, 1.54) is 0 Å². The van der Waals surface area contributed by atoms with Crippen LogP contribution in [0.3, 0.4) is 0 Å². The summed E-state index contributed by atoms with van der Waals surface area (Å²) >= 11 is 3.40. The van der Waals surface area contributed by atoms with E-state index in [2.05, 4.69) is 26.1 Å². The van der Waals surface area contributed by atoms with E-state index in [9.17, 15) is 0 Å². The number of methoxy groups -OCH3 is 2. The molecule has 0 spiro atoms. The molecule has 3 aromatic rings. The molecule has 5 nitrogen and oxygen atoms in total. The van der Waals surface area contributed by atoms with Gasteiger partial charge in [-0.25, -0.2) is 0 Å². The highest BCUT2D eigenvalue weighted by Crippen LogP contribution is 2.37. The number of para-hydroxylation sites is 1. The number of nitrogens with zero attached hydrogens (tertiary/aromatic N) is 2. The van der Waals surface area contributed by atoms with Crippen molar-refractivity contribution in [1.82, 2.24) is 10.2 Å². The molecular weight excluding hydrogens is 348 g/mol. The summed E-state index contributed by atoms with van der Waals surface area (Å²) in [5.41, 5.74) is 1.54. The molecular formula is C16H13BrN2O3. The summed E-state index contributed by atoms with van der Waals surface area (Å²) in [6, 6.07) is 13.2. The van der Waals surface area contributed by atoms with Gasteiger partial charge in [0.2, 0.25) is 5.89 Å². The Hall–Kier alpha value is -2.34. The van der Waals surface area contributed by atoms with Crippen molar-refractivity contribution in [3.8, 4) is 34.4 Å². The van der Waals surface area contributed by atoms with Gasteiger partial charge >= 0.3 is 0 Å². The Morgan fingerprint density at radius 1 is 0.909 bits per heavy atom. The van der Waals surface area contributed by atoms with Crippen LogP contribution in [-0.2, 0) is 0 Å². The Bertz CT molecular complexity index is 784. The molecule has 0 aliphatic heterocycles. The average molecular weight is 361 g/mol. The zero-order chi connectivity index (χ0) is 15.5. The molecule has 0 fully saturated rings. The number of benzene rings is 2. The summed E-state index contributed by atoms with van der Waals surface area (Å²) in [5.74, 6) is 2.01. The van der Waals surface area contributed by atoms with Crippen molar-refractivity contribution >= 4 is 15.9 Å². The molecule has 3 rings (SSSR count). The third kappa shape index (κ3) is 2.69. The summed E-state index contributed by atoms with van der Waals surface area (Å²) in [5, 5.41) is 8.20. The minimum absolute atomic E-state index is 0.383. The number of aromatic nitrogens is 2. The third-order valence-corrected chi connectivity index (χ3v) is 3.68. The molecule has 1 aromatic heterocycles. The second-order valence-electron chi connectivity index (χ2n) is 4.46. The summed E-state index contributed by atoms with van der Waals surface area (Å²) in [6.45, 7) is 0. The van der Waals surface area contributed by atoms with Gasteiger partial charge in [-0.05, 0) is 36.4 Å². The lowest BCUT2D eigenvalue weighted by molar-refractivity contribution is 0.355. The molecule has 0 bridgehead atoms. The second kappa shape index (κ2) is 6.19. The fourth-order valence-electron chi connectivity index (χ4n) is 2.10. The summed E-state index contributed by atoms with van der Waals surface area (Å²) < 4.78 is 17.4. The van der Waals surface area contributed by atoms with E-state index in [0.29, 0.717) is 28.8 Å². The zero-order valence-electron chi connectivity index (χ0n) is 12.0. The van der Waals surface area contributed by atoms with E-state index in [1.807, 2.05) is 42.5 Å².